The first-order valence-electron chi connectivity index (χ1n) is 6.64. The van der Waals surface area contributed by atoms with E-state index in [1.165, 1.54) is 0 Å². The van der Waals surface area contributed by atoms with Crippen LogP contribution in [0.1, 0.15) is 18.2 Å². The van der Waals surface area contributed by atoms with Crippen LogP contribution in [0.4, 0.5) is 11.5 Å². The number of nitriles is 1. The van der Waals surface area contributed by atoms with Gasteiger partial charge in [0.05, 0.1) is 23.9 Å². The highest BCUT2D eigenvalue weighted by molar-refractivity contribution is 5.49. The highest BCUT2D eigenvalue weighted by Gasteiger charge is 2.04. The van der Waals surface area contributed by atoms with Crippen molar-refractivity contribution in [3.8, 4) is 6.07 Å². The van der Waals surface area contributed by atoms with Crippen molar-refractivity contribution < 1.29 is 0 Å². The van der Waals surface area contributed by atoms with Crippen LogP contribution in [0.3, 0.4) is 0 Å². The maximum atomic E-state index is 8.80. The van der Waals surface area contributed by atoms with E-state index in [-0.39, 0.29) is 0 Å². The van der Waals surface area contributed by atoms with Crippen LogP contribution in [0.15, 0.2) is 42.5 Å². The summed E-state index contributed by atoms with van der Waals surface area (Å²) in [4.78, 5) is 6.67. The van der Waals surface area contributed by atoms with Gasteiger partial charge < -0.3 is 10.2 Å². The Morgan fingerprint density at radius 3 is 2.60 bits per heavy atom. The first-order valence-corrected chi connectivity index (χ1v) is 6.64. The van der Waals surface area contributed by atoms with Gasteiger partial charge in [0.1, 0.15) is 5.82 Å². The summed E-state index contributed by atoms with van der Waals surface area (Å²) in [7, 11) is 2.02. The van der Waals surface area contributed by atoms with Crippen LogP contribution in [0.25, 0.3) is 0 Å². The number of pyridine rings is 1. The molecule has 4 nitrogen and oxygen atoms in total. The molecule has 0 bridgehead atoms. The van der Waals surface area contributed by atoms with Crippen LogP contribution in [0.5, 0.6) is 0 Å². The monoisotopic (exact) mass is 266 g/mol. The highest BCUT2D eigenvalue weighted by atomic mass is 15.1. The molecule has 1 N–H and O–H groups in total. The number of rotatable bonds is 5. The first-order chi connectivity index (χ1) is 9.72. The number of anilines is 2. The predicted molar refractivity (Wildman–Crippen MR) is 81.7 cm³/mol. The van der Waals surface area contributed by atoms with E-state index in [9.17, 15) is 0 Å². The maximum Gasteiger partial charge on any atom is 0.126 e. The lowest BCUT2D eigenvalue weighted by molar-refractivity contribution is 0.884. The summed E-state index contributed by atoms with van der Waals surface area (Å²) in [5.74, 6) is 0.901. The van der Waals surface area contributed by atoms with Crippen LogP contribution in [0.2, 0.25) is 0 Å². The van der Waals surface area contributed by atoms with Crippen LogP contribution in [-0.2, 0) is 6.54 Å². The van der Waals surface area contributed by atoms with Crippen LogP contribution >= 0.6 is 0 Å². The molecule has 0 unspecified atom stereocenters. The van der Waals surface area contributed by atoms with Crippen molar-refractivity contribution in [2.45, 2.75) is 13.5 Å². The third-order valence-electron chi connectivity index (χ3n) is 3.00. The Kier molecular flexibility index (Phi) is 4.56. The lowest BCUT2D eigenvalue weighted by Gasteiger charge is -2.19. The zero-order valence-electron chi connectivity index (χ0n) is 11.8. The Hall–Kier alpha value is -2.54. The van der Waals surface area contributed by atoms with E-state index in [1.807, 2.05) is 49.5 Å². The molecule has 0 saturated carbocycles. The summed E-state index contributed by atoms with van der Waals surface area (Å²) >= 11 is 0. The number of aromatic nitrogens is 1. The minimum absolute atomic E-state index is 0.675. The largest absolute Gasteiger partial charge is 0.370 e. The van der Waals surface area contributed by atoms with E-state index in [2.05, 4.69) is 28.2 Å². The molecule has 0 fully saturated rings. The highest BCUT2D eigenvalue weighted by Crippen LogP contribution is 2.16. The average Bonchev–Trinajstić information content (AvgIpc) is 2.48. The van der Waals surface area contributed by atoms with Crippen molar-refractivity contribution in [2.75, 3.05) is 23.8 Å². The van der Waals surface area contributed by atoms with Crippen LogP contribution < -0.4 is 10.2 Å². The fourth-order valence-corrected chi connectivity index (χ4v) is 1.97. The summed E-state index contributed by atoms with van der Waals surface area (Å²) in [6, 6.07) is 15.7. The Bertz CT molecular complexity index is 599. The van der Waals surface area contributed by atoms with Crippen molar-refractivity contribution in [1.82, 2.24) is 4.98 Å². The summed E-state index contributed by atoms with van der Waals surface area (Å²) in [6.07, 6.45) is 0. The number of nitrogens with zero attached hydrogens (tertiary/aromatic N) is 3. The fourth-order valence-electron chi connectivity index (χ4n) is 1.97. The SMILES string of the molecule is CCNc1cccc(CN(C)c2ccc(C#N)cc2)n1. The van der Waals surface area contributed by atoms with Crippen molar-refractivity contribution in [2.24, 2.45) is 0 Å². The average molecular weight is 266 g/mol. The van der Waals surface area contributed by atoms with Gasteiger partial charge in [-0.25, -0.2) is 4.98 Å². The van der Waals surface area contributed by atoms with Gasteiger partial charge in [0.25, 0.3) is 0 Å². The number of benzene rings is 1. The van der Waals surface area contributed by atoms with Gasteiger partial charge in [-0.15, -0.1) is 0 Å². The molecule has 1 aromatic carbocycles. The summed E-state index contributed by atoms with van der Waals surface area (Å²) in [5.41, 5.74) is 2.75. The molecule has 0 aliphatic rings. The molecule has 0 radical (unpaired) electrons. The van der Waals surface area contributed by atoms with Gasteiger partial charge in [-0.05, 0) is 43.3 Å². The van der Waals surface area contributed by atoms with E-state index in [0.717, 1.165) is 30.3 Å². The molecular weight excluding hydrogens is 248 g/mol. The van der Waals surface area contributed by atoms with E-state index >= 15 is 0 Å². The minimum atomic E-state index is 0.675. The van der Waals surface area contributed by atoms with Crippen molar-refractivity contribution in [3.05, 3.63) is 53.7 Å². The molecule has 1 heterocycles. The van der Waals surface area contributed by atoms with Gasteiger partial charge in [0.15, 0.2) is 0 Å². The summed E-state index contributed by atoms with van der Waals surface area (Å²) < 4.78 is 0. The quantitative estimate of drug-likeness (QED) is 0.903. The van der Waals surface area contributed by atoms with Crippen molar-refractivity contribution in [3.63, 3.8) is 0 Å². The standard InChI is InChI=1S/C16H18N4/c1-3-18-16-6-4-5-14(19-16)12-20(2)15-9-7-13(11-17)8-10-15/h4-10H,3,12H2,1-2H3,(H,18,19). The van der Waals surface area contributed by atoms with Crippen molar-refractivity contribution >= 4 is 11.5 Å². The second-order valence-electron chi connectivity index (χ2n) is 4.56. The van der Waals surface area contributed by atoms with E-state index in [0.29, 0.717) is 5.56 Å². The Morgan fingerprint density at radius 2 is 1.95 bits per heavy atom. The Labute approximate surface area is 119 Å². The van der Waals surface area contributed by atoms with Crippen molar-refractivity contribution in [1.29, 1.82) is 5.26 Å². The van der Waals surface area contributed by atoms with Gasteiger partial charge in [-0.2, -0.15) is 5.26 Å². The molecule has 1 aromatic heterocycles. The van der Waals surface area contributed by atoms with E-state index in [4.69, 9.17) is 5.26 Å². The molecular formula is C16H18N4. The van der Waals surface area contributed by atoms with Crippen LogP contribution in [0, 0.1) is 11.3 Å². The van der Waals surface area contributed by atoms with Gasteiger partial charge in [-0.1, -0.05) is 6.07 Å². The normalized spacial score (nSPS) is 9.85. The zero-order valence-corrected chi connectivity index (χ0v) is 11.8. The van der Waals surface area contributed by atoms with Gasteiger partial charge in [0, 0.05) is 19.3 Å². The molecule has 2 rings (SSSR count). The van der Waals surface area contributed by atoms with E-state index in [1.54, 1.807) is 0 Å². The molecule has 0 aliphatic heterocycles. The fraction of sp³-hybridized carbons (Fsp3) is 0.250. The zero-order chi connectivity index (χ0) is 14.4. The maximum absolute atomic E-state index is 8.80. The topological polar surface area (TPSA) is 52.0 Å². The molecule has 0 amide bonds. The van der Waals surface area contributed by atoms with Gasteiger partial charge >= 0.3 is 0 Å². The molecule has 102 valence electrons. The lowest BCUT2D eigenvalue weighted by atomic mass is 10.2. The minimum Gasteiger partial charge on any atom is -0.370 e. The number of hydrogen-bond acceptors (Lipinski definition) is 4. The Balaban J connectivity index is 2.08. The summed E-state index contributed by atoms with van der Waals surface area (Å²) in [5, 5.41) is 12.0. The molecule has 0 aliphatic carbocycles. The smallest absolute Gasteiger partial charge is 0.126 e. The molecule has 0 saturated heterocycles. The predicted octanol–water partition coefficient (Wildman–Crippen LogP) is 3.02. The third-order valence-corrected chi connectivity index (χ3v) is 3.00. The molecule has 0 spiro atoms. The second kappa shape index (κ2) is 6.58. The molecule has 4 heteroatoms. The van der Waals surface area contributed by atoms with Gasteiger partial charge in [0.2, 0.25) is 0 Å². The molecule has 20 heavy (non-hydrogen) atoms. The second-order valence-corrected chi connectivity index (χ2v) is 4.56. The number of hydrogen-bond donors (Lipinski definition) is 1. The number of nitrogens with one attached hydrogen (secondary N) is 1. The van der Waals surface area contributed by atoms with E-state index < -0.39 is 0 Å². The first kappa shape index (κ1) is 13.9. The Morgan fingerprint density at radius 1 is 1.20 bits per heavy atom. The molecule has 0 atom stereocenters. The summed E-state index contributed by atoms with van der Waals surface area (Å²) in [6.45, 7) is 3.64. The van der Waals surface area contributed by atoms with Crippen LogP contribution in [-0.4, -0.2) is 18.6 Å². The third kappa shape index (κ3) is 3.48. The molecule has 2 aromatic rings. The van der Waals surface area contributed by atoms with Gasteiger partial charge in [-0.3, -0.25) is 0 Å². The lowest BCUT2D eigenvalue weighted by Crippen LogP contribution is -2.17.